The number of piperidine rings is 3. The first-order valence-electron chi connectivity index (χ1n) is 12.7. The summed E-state index contributed by atoms with van der Waals surface area (Å²) in [7, 11) is 0. The standard InChI is InChI=1S/C27H32N4O/c32-27(25-22-11-10-17-6-1-2-8-21(17)24(22)28-29-25)31-13-5-7-18-14-19-15-20(26(18)31)16-30-12-4-3-9-23(19)30/h1-2,6,8,14,19-20,23,26H,3-5,7,9-13,15-16H2,(H,28,29)/t19-,20-,23?,26?/m0/s1. The summed E-state index contributed by atoms with van der Waals surface area (Å²) < 4.78 is 0. The number of nitrogens with zero attached hydrogens (tertiary/aromatic N) is 3. The fourth-order valence-corrected chi connectivity index (χ4v) is 7.58. The zero-order valence-corrected chi connectivity index (χ0v) is 18.7. The van der Waals surface area contributed by atoms with Crippen LogP contribution in [-0.4, -0.2) is 57.6 Å². The molecule has 5 aliphatic rings. The van der Waals surface area contributed by atoms with Gasteiger partial charge in [-0.15, -0.1) is 0 Å². The van der Waals surface area contributed by atoms with E-state index in [2.05, 4.69) is 50.3 Å². The van der Waals surface area contributed by atoms with E-state index in [1.54, 1.807) is 5.57 Å². The van der Waals surface area contributed by atoms with Crippen LogP contribution in [-0.2, 0) is 12.8 Å². The average Bonchev–Trinajstić information content (AvgIpc) is 3.28. The smallest absolute Gasteiger partial charge is 0.272 e. The van der Waals surface area contributed by atoms with Gasteiger partial charge in [0.1, 0.15) is 5.69 Å². The Morgan fingerprint density at radius 3 is 2.97 bits per heavy atom. The summed E-state index contributed by atoms with van der Waals surface area (Å²) in [6.45, 7) is 3.28. The molecule has 4 heterocycles. The number of H-pyrrole nitrogens is 1. The maximum absolute atomic E-state index is 14.0. The number of likely N-dealkylation sites (tertiary alicyclic amines) is 1. The van der Waals surface area contributed by atoms with Gasteiger partial charge in [0.15, 0.2) is 0 Å². The molecule has 1 amide bonds. The van der Waals surface area contributed by atoms with Gasteiger partial charge in [0.2, 0.25) is 0 Å². The summed E-state index contributed by atoms with van der Waals surface area (Å²) in [5.74, 6) is 1.46. The number of hydrogen-bond acceptors (Lipinski definition) is 3. The molecule has 166 valence electrons. The summed E-state index contributed by atoms with van der Waals surface area (Å²) in [5.41, 5.74) is 6.93. The van der Waals surface area contributed by atoms with Gasteiger partial charge in [0, 0.05) is 30.3 Å². The van der Waals surface area contributed by atoms with E-state index < -0.39 is 0 Å². The van der Waals surface area contributed by atoms with Crippen molar-refractivity contribution in [3.63, 3.8) is 0 Å². The van der Waals surface area contributed by atoms with Gasteiger partial charge in [-0.25, -0.2) is 0 Å². The molecule has 32 heavy (non-hydrogen) atoms. The van der Waals surface area contributed by atoms with Gasteiger partial charge < -0.3 is 4.90 Å². The van der Waals surface area contributed by atoms with Crippen molar-refractivity contribution < 1.29 is 4.79 Å². The van der Waals surface area contributed by atoms with Crippen molar-refractivity contribution in [1.29, 1.82) is 0 Å². The van der Waals surface area contributed by atoms with Gasteiger partial charge in [-0.1, -0.05) is 42.3 Å². The third-order valence-electron chi connectivity index (χ3n) is 8.92. The number of aromatic nitrogens is 2. The second kappa shape index (κ2) is 7.31. The summed E-state index contributed by atoms with van der Waals surface area (Å²) in [4.78, 5) is 18.9. The lowest BCUT2D eigenvalue weighted by atomic mass is 9.68. The van der Waals surface area contributed by atoms with Crippen LogP contribution in [0.1, 0.15) is 60.1 Å². The van der Waals surface area contributed by atoms with Crippen LogP contribution in [0.15, 0.2) is 35.9 Å². The molecule has 5 heteroatoms. The number of nitrogens with one attached hydrogen (secondary N) is 1. The highest BCUT2D eigenvalue weighted by molar-refractivity contribution is 5.96. The molecule has 2 aromatic rings. The Morgan fingerprint density at radius 2 is 2.00 bits per heavy atom. The second-order valence-corrected chi connectivity index (χ2v) is 10.6. The maximum atomic E-state index is 14.0. The number of benzene rings is 1. The van der Waals surface area contributed by atoms with Crippen LogP contribution in [0.5, 0.6) is 0 Å². The molecule has 2 bridgehead atoms. The minimum atomic E-state index is 0.174. The molecule has 3 saturated heterocycles. The molecule has 0 radical (unpaired) electrons. The molecule has 1 N–H and O–H groups in total. The highest BCUT2D eigenvalue weighted by Crippen LogP contribution is 2.45. The van der Waals surface area contributed by atoms with E-state index in [4.69, 9.17) is 0 Å². The predicted octanol–water partition coefficient (Wildman–Crippen LogP) is 4.21. The highest BCUT2D eigenvalue weighted by Gasteiger charge is 2.47. The van der Waals surface area contributed by atoms with Gasteiger partial charge in [-0.2, -0.15) is 5.10 Å². The molecule has 7 rings (SSSR count). The minimum Gasteiger partial charge on any atom is -0.330 e. The lowest BCUT2D eigenvalue weighted by molar-refractivity contribution is 0.00128. The van der Waals surface area contributed by atoms with Gasteiger partial charge >= 0.3 is 0 Å². The highest BCUT2D eigenvalue weighted by atomic mass is 16.2. The molecule has 2 aliphatic carbocycles. The predicted molar refractivity (Wildman–Crippen MR) is 124 cm³/mol. The van der Waals surface area contributed by atoms with Gasteiger partial charge in [-0.3, -0.25) is 14.8 Å². The van der Waals surface area contributed by atoms with E-state index in [1.807, 2.05) is 0 Å². The van der Waals surface area contributed by atoms with E-state index in [0.29, 0.717) is 11.8 Å². The Hall–Kier alpha value is -2.40. The SMILES string of the molecule is O=C(c1[nH]nc2c1CCc1ccccc1-2)N1CCCC2=C[C@H]3C[C@@H](CN4CCCCC34)C21. The number of carbonyl (C=O) groups is 1. The lowest BCUT2D eigenvalue weighted by Crippen LogP contribution is -2.60. The van der Waals surface area contributed by atoms with E-state index in [0.717, 1.165) is 48.8 Å². The third-order valence-corrected chi connectivity index (χ3v) is 8.92. The van der Waals surface area contributed by atoms with Crippen molar-refractivity contribution in [3.8, 4) is 11.3 Å². The van der Waals surface area contributed by atoms with E-state index in [-0.39, 0.29) is 11.9 Å². The molecule has 2 unspecified atom stereocenters. The summed E-state index contributed by atoms with van der Waals surface area (Å²) in [6.07, 6.45) is 12.1. The zero-order chi connectivity index (χ0) is 21.2. The second-order valence-electron chi connectivity index (χ2n) is 10.6. The number of aromatic amines is 1. The number of rotatable bonds is 1. The van der Waals surface area contributed by atoms with Crippen LogP contribution in [0.4, 0.5) is 0 Å². The maximum Gasteiger partial charge on any atom is 0.272 e. The molecular weight excluding hydrogens is 396 g/mol. The Kier molecular flexibility index (Phi) is 4.36. The topological polar surface area (TPSA) is 52.2 Å². The largest absolute Gasteiger partial charge is 0.330 e. The zero-order valence-electron chi connectivity index (χ0n) is 18.7. The van der Waals surface area contributed by atoms with Gasteiger partial charge in [-0.05, 0) is 68.9 Å². The minimum absolute atomic E-state index is 0.174. The number of fused-ring (bicyclic) bond motifs is 9. The Labute approximate surface area is 189 Å². The molecule has 0 spiro atoms. The molecule has 3 fully saturated rings. The van der Waals surface area contributed by atoms with Crippen molar-refractivity contribution >= 4 is 5.91 Å². The number of carbonyl (C=O) groups excluding carboxylic acids is 1. The van der Waals surface area contributed by atoms with E-state index in [1.165, 1.54) is 56.3 Å². The van der Waals surface area contributed by atoms with Crippen molar-refractivity contribution in [2.75, 3.05) is 19.6 Å². The van der Waals surface area contributed by atoms with Crippen LogP contribution in [0.3, 0.4) is 0 Å². The first-order valence-corrected chi connectivity index (χ1v) is 12.7. The van der Waals surface area contributed by atoms with Crippen LogP contribution >= 0.6 is 0 Å². The fraction of sp³-hybridized carbons (Fsp3) is 0.556. The van der Waals surface area contributed by atoms with Crippen molar-refractivity contribution in [3.05, 3.63) is 52.7 Å². The molecule has 1 aromatic carbocycles. The molecule has 0 saturated carbocycles. The van der Waals surface area contributed by atoms with Crippen LogP contribution < -0.4 is 0 Å². The molecule has 5 nitrogen and oxygen atoms in total. The number of amides is 1. The molecular formula is C27H32N4O. The number of hydrogen-bond donors (Lipinski definition) is 1. The van der Waals surface area contributed by atoms with Crippen LogP contribution in [0.2, 0.25) is 0 Å². The molecule has 3 aliphatic heterocycles. The summed E-state index contributed by atoms with van der Waals surface area (Å²) in [6, 6.07) is 9.52. The molecule has 4 atom stereocenters. The number of aryl methyl sites for hydroxylation is 1. The summed E-state index contributed by atoms with van der Waals surface area (Å²) >= 11 is 0. The quantitative estimate of drug-likeness (QED) is 0.693. The van der Waals surface area contributed by atoms with E-state index in [9.17, 15) is 4.79 Å². The summed E-state index contributed by atoms with van der Waals surface area (Å²) in [5, 5.41) is 7.82. The fourth-order valence-electron chi connectivity index (χ4n) is 7.58. The Morgan fingerprint density at radius 1 is 1.06 bits per heavy atom. The van der Waals surface area contributed by atoms with Gasteiger partial charge in [0.05, 0.1) is 11.7 Å². The van der Waals surface area contributed by atoms with E-state index >= 15 is 0 Å². The normalized spacial score (nSPS) is 31.1. The first-order chi connectivity index (χ1) is 15.8. The monoisotopic (exact) mass is 428 g/mol. The first kappa shape index (κ1) is 19.1. The van der Waals surface area contributed by atoms with Crippen molar-refractivity contribution in [2.24, 2.45) is 11.8 Å². The Balaban J connectivity index is 1.23. The lowest BCUT2D eigenvalue weighted by Gasteiger charge is -2.54. The molecule has 1 aromatic heterocycles. The van der Waals surface area contributed by atoms with Crippen LogP contribution in [0, 0.1) is 11.8 Å². The van der Waals surface area contributed by atoms with Crippen molar-refractivity contribution in [2.45, 2.75) is 63.5 Å². The van der Waals surface area contributed by atoms with Crippen molar-refractivity contribution in [1.82, 2.24) is 20.0 Å². The Bertz CT molecular complexity index is 1100. The van der Waals surface area contributed by atoms with Gasteiger partial charge in [0.25, 0.3) is 5.91 Å². The van der Waals surface area contributed by atoms with Crippen LogP contribution in [0.25, 0.3) is 11.3 Å². The average molecular weight is 429 g/mol. The third kappa shape index (κ3) is 2.79.